The van der Waals surface area contributed by atoms with Gasteiger partial charge in [-0.3, -0.25) is 10.1 Å². The maximum Gasteiger partial charge on any atom is 0.322 e. The Morgan fingerprint density at radius 1 is 0.829 bits per heavy atom. The number of rotatable bonds is 7. The standard InChI is InChI=1S/C28H23N3O4/c1-18(2)34-24-14-12-20(13-15-24)19-8-10-21(11-9-19)22-5-3-6-23(17-22)26(32)29-28-31-30-27(35-28)25-7-4-16-33-25/h3-18H,1-2H3,(H,29,31,32). The van der Waals surface area contributed by atoms with Crippen molar-refractivity contribution in [1.82, 2.24) is 10.2 Å². The molecule has 35 heavy (non-hydrogen) atoms. The average molecular weight is 466 g/mol. The lowest BCUT2D eigenvalue weighted by molar-refractivity contribution is 0.102. The molecule has 0 aliphatic heterocycles. The van der Waals surface area contributed by atoms with Gasteiger partial charge in [0.15, 0.2) is 5.76 Å². The maximum absolute atomic E-state index is 12.8. The number of hydrogen-bond acceptors (Lipinski definition) is 6. The third kappa shape index (κ3) is 5.14. The van der Waals surface area contributed by atoms with Crippen molar-refractivity contribution in [1.29, 1.82) is 0 Å². The van der Waals surface area contributed by atoms with Crippen molar-refractivity contribution in [2.45, 2.75) is 20.0 Å². The zero-order valence-corrected chi connectivity index (χ0v) is 19.3. The highest BCUT2D eigenvalue weighted by molar-refractivity contribution is 6.03. The first-order chi connectivity index (χ1) is 17.0. The van der Waals surface area contributed by atoms with Crippen molar-refractivity contribution < 1.29 is 18.4 Å². The van der Waals surface area contributed by atoms with Crippen LogP contribution in [0.5, 0.6) is 5.75 Å². The summed E-state index contributed by atoms with van der Waals surface area (Å²) in [6, 6.07) is 27.0. The molecule has 0 aliphatic rings. The first kappa shape index (κ1) is 22.2. The summed E-state index contributed by atoms with van der Waals surface area (Å²) in [6.07, 6.45) is 1.65. The van der Waals surface area contributed by atoms with Crippen LogP contribution in [-0.4, -0.2) is 22.2 Å². The molecule has 1 amide bonds. The number of furan rings is 1. The Bertz CT molecular complexity index is 1420. The van der Waals surface area contributed by atoms with Gasteiger partial charge in [-0.15, -0.1) is 5.10 Å². The van der Waals surface area contributed by atoms with Crippen LogP contribution in [0.2, 0.25) is 0 Å². The quantitative estimate of drug-likeness (QED) is 0.287. The number of ether oxygens (including phenoxy) is 1. The Morgan fingerprint density at radius 2 is 1.51 bits per heavy atom. The van der Waals surface area contributed by atoms with E-state index in [1.807, 2.05) is 68.4 Å². The van der Waals surface area contributed by atoms with Gasteiger partial charge >= 0.3 is 6.01 Å². The van der Waals surface area contributed by atoms with Crippen LogP contribution in [0, 0.1) is 0 Å². The van der Waals surface area contributed by atoms with Crippen LogP contribution < -0.4 is 10.1 Å². The van der Waals surface area contributed by atoms with Gasteiger partial charge in [-0.05, 0) is 72.5 Å². The fourth-order valence-electron chi connectivity index (χ4n) is 3.64. The van der Waals surface area contributed by atoms with E-state index >= 15 is 0 Å². The average Bonchev–Trinajstić information content (AvgIpc) is 3.57. The molecular weight excluding hydrogens is 442 g/mol. The van der Waals surface area contributed by atoms with Crippen LogP contribution in [-0.2, 0) is 0 Å². The largest absolute Gasteiger partial charge is 0.491 e. The molecular formula is C28H23N3O4. The summed E-state index contributed by atoms with van der Waals surface area (Å²) >= 11 is 0. The van der Waals surface area contributed by atoms with Gasteiger partial charge < -0.3 is 13.6 Å². The van der Waals surface area contributed by atoms with Crippen molar-refractivity contribution >= 4 is 11.9 Å². The van der Waals surface area contributed by atoms with Crippen molar-refractivity contribution in [3.8, 4) is 39.7 Å². The molecule has 0 spiro atoms. The minimum absolute atomic E-state index is 0.000897. The summed E-state index contributed by atoms with van der Waals surface area (Å²) in [5, 5.41) is 10.4. The Balaban J connectivity index is 1.29. The molecule has 0 bridgehead atoms. The summed E-state index contributed by atoms with van der Waals surface area (Å²) in [5.41, 5.74) is 4.61. The Morgan fingerprint density at radius 3 is 2.17 bits per heavy atom. The SMILES string of the molecule is CC(C)Oc1ccc(-c2ccc(-c3cccc(C(=O)Nc4nnc(-c5ccco5)o4)c3)cc2)cc1. The monoisotopic (exact) mass is 465 g/mol. The lowest BCUT2D eigenvalue weighted by Crippen LogP contribution is -2.12. The molecule has 0 fully saturated rings. The number of anilines is 1. The molecule has 5 aromatic rings. The Labute approximate surface area is 202 Å². The zero-order valence-electron chi connectivity index (χ0n) is 19.3. The van der Waals surface area contributed by atoms with Crippen molar-refractivity contribution in [3.05, 3.63) is 96.8 Å². The van der Waals surface area contributed by atoms with Crippen molar-refractivity contribution in [2.75, 3.05) is 5.32 Å². The van der Waals surface area contributed by atoms with Crippen LogP contribution in [0.25, 0.3) is 33.9 Å². The van der Waals surface area contributed by atoms with E-state index in [4.69, 9.17) is 13.6 Å². The minimum Gasteiger partial charge on any atom is -0.491 e. The maximum atomic E-state index is 12.8. The van der Waals surface area contributed by atoms with E-state index in [1.165, 1.54) is 6.26 Å². The molecule has 7 nitrogen and oxygen atoms in total. The predicted molar refractivity (Wildman–Crippen MR) is 133 cm³/mol. The lowest BCUT2D eigenvalue weighted by atomic mass is 9.99. The molecule has 0 atom stereocenters. The van der Waals surface area contributed by atoms with Crippen LogP contribution in [0.3, 0.4) is 0 Å². The van der Waals surface area contributed by atoms with Gasteiger partial charge in [0.2, 0.25) is 0 Å². The third-order valence-electron chi connectivity index (χ3n) is 5.28. The number of carbonyl (C=O) groups is 1. The minimum atomic E-state index is -0.346. The summed E-state index contributed by atoms with van der Waals surface area (Å²) in [6.45, 7) is 4.02. The smallest absolute Gasteiger partial charge is 0.322 e. The molecule has 2 aromatic heterocycles. The van der Waals surface area contributed by atoms with Gasteiger partial charge in [-0.2, -0.15) is 0 Å². The van der Waals surface area contributed by atoms with Crippen LogP contribution in [0.15, 0.2) is 100 Å². The number of nitrogens with one attached hydrogen (secondary N) is 1. The zero-order chi connectivity index (χ0) is 24.2. The number of benzene rings is 3. The van der Waals surface area contributed by atoms with E-state index in [9.17, 15) is 4.79 Å². The molecule has 0 saturated carbocycles. The van der Waals surface area contributed by atoms with E-state index < -0.39 is 0 Å². The second-order valence-electron chi connectivity index (χ2n) is 8.19. The van der Waals surface area contributed by atoms with Crippen LogP contribution in [0.1, 0.15) is 24.2 Å². The van der Waals surface area contributed by atoms with Gasteiger partial charge in [-0.1, -0.05) is 53.6 Å². The van der Waals surface area contributed by atoms with Gasteiger partial charge in [0.05, 0.1) is 12.4 Å². The highest BCUT2D eigenvalue weighted by Gasteiger charge is 2.15. The number of nitrogens with zero attached hydrogens (tertiary/aromatic N) is 2. The van der Waals surface area contributed by atoms with E-state index in [0.29, 0.717) is 11.3 Å². The Hall–Kier alpha value is -4.65. The predicted octanol–water partition coefficient (Wildman–Crippen LogP) is 6.70. The first-order valence-corrected chi connectivity index (χ1v) is 11.2. The fourth-order valence-corrected chi connectivity index (χ4v) is 3.64. The van der Waals surface area contributed by atoms with Gasteiger partial charge in [0.1, 0.15) is 5.75 Å². The molecule has 0 unspecified atom stereocenters. The molecule has 7 heteroatoms. The topological polar surface area (TPSA) is 90.4 Å². The van der Waals surface area contributed by atoms with Crippen LogP contribution >= 0.6 is 0 Å². The second-order valence-corrected chi connectivity index (χ2v) is 8.19. The molecule has 0 saturated heterocycles. The molecule has 174 valence electrons. The normalized spacial score (nSPS) is 10.9. The number of aromatic nitrogens is 2. The van der Waals surface area contributed by atoms with Gasteiger partial charge in [0.25, 0.3) is 11.8 Å². The lowest BCUT2D eigenvalue weighted by Gasteiger charge is -2.10. The molecule has 2 heterocycles. The summed E-state index contributed by atoms with van der Waals surface area (Å²) in [5.74, 6) is 1.14. The Kier molecular flexibility index (Phi) is 6.13. The highest BCUT2D eigenvalue weighted by Crippen LogP contribution is 2.27. The van der Waals surface area contributed by atoms with E-state index in [1.54, 1.807) is 18.2 Å². The summed E-state index contributed by atoms with van der Waals surface area (Å²) < 4.78 is 16.4. The fraction of sp³-hybridized carbons (Fsp3) is 0.107. The van der Waals surface area contributed by atoms with E-state index in [0.717, 1.165) is 28.0 Å². The van der Waals surface area contributed by atoms with E-state index in [2.05, 4.69) is 27.6 Å². The molecule has 0 aliphatic carbocycles. The van der Waals surface area contributed by atoms with Gasteiger partial charge in [-0.25, -0.2) is 0 Å². The molecule has 1 N–H and O–H groups in total. The molecule has 5 rings (SSSR count). The molecule has 0 radical (unpaired) electrons. The summed E-state index contributed by atoms with van der Waals surface area (Å²) in [4.78, 5) is 12.8. The van der Waals surface area contributed by atoms with Gasteiger partial charge in [0, 0.05) is 5.56 Å². The highest BCUT2D eigenvalue weighted by atomic mass is 16.5. The van der Waals surface area contributed by atoms with Crippen molar-refractivity contribution in [3.63, 3.8) is 0 Å². The summed E-state index contributed by atoms with van der Waals surface area (Å²) in [7, 11) is 0. The molecule has 3 aromatic carbocycles. The van der Waals surface area contributed by atoms with E-state index in [-0.39, 0.29) is 23.9 Å². The number of hydrogen-bond donors (Lipinski definition) is 1. The van der Waals surface area contributed by atoms with Crippen molar-refractivity contribution in [2.24, 2.45) is 0 Å². The number of amides is 1. The number of carbonyl (C=O) groups excluding carboxylic acids is 1. The van der Waals surface area contributed by atoms with Crippen LogP contribution in [0.4, 0.5) is 6.01 Å². The first-order valence-electron chi connectivity index (χ1n) is 11.2. The third-order valence-corrected chi connectivity index (χ3v) is 5.28. The second kappa shape index (κ2) is 9.69.